The molecule has 1 saturated heterocycles. The van der Waals surface area contributed by atoms with Crippen molar-refractivity contribution in [1.29, 1.82) is 0 Å². The van der Waals surface area contributed by atoms with Gasteiger partial charge in [-0.2, -0.15) is 0 Å². The van der Waals surface area contributed by atoms with Crippen LogP contribution in [0.3, 0.4) is 0 Å². The van der Waals surface area contributed by atoms with Gasteiger partial charge in [-0.05, 0) is 92.3 Å². The number of carbonyl (C=O) groups excluding carboxylic acids is 4. The van der Waals surface area contributed by atoms with E-state index in [0.717, 1.165) is 97.1 Å². The van der Waals surface area contributed by atoms with E-state index in [1.807, 2.05) is 6.20 Å². The number of ketones is 2. The minimum Gasteiger partial charge on any atom is -0.356 e. The smallest absolute Gasteiger partial charge is 0.253 e. The summed E-state index contributed by atoms with van der Waals surface area (Å²) in [5, 5.41) is 6.03. The van der Waals surface area contributed by atoms with E-state index in [1.165, 1.54) is 24.3 Å². The summed E-state index contributed by atoms with van der Waals surface area (Å²) in [6.45, 7) is 0. The van der Waals surface area contributed by atoms with Gasteiger partial charge < -0.3 is 15.6 Å². The number of amides is 2. The van der Waals surface area contributed by atoms with Gasteiger partial charge in [0.1, 0.15) is 23.1 Å². The molecule has 5 aromatic rings. The van der Waals surface area contributed by atoms with Crippen molar-refractivity contribution in [3.63, 3.8) is 0 Å². The number of piperidine rings is 1. The van der Waals surface area contributed by atoms with Gasteiger partial charge in [-0.15, -0.1) is 0 Å². The van der Waals surface area contributed by atoms with Crippen LogP contribution in [0, 0.1) is 11.6 Å². The molecule has 1 atom stereocenters. The third kappa shape index (κ3) is 7.06. The Balaban J connectivity index is 0.000000122. The molecular weight excluding hydrogens is 784 g/mol. The normalized spacial score (nSPS) is 20.2. The Labute approximate surface area is 328 Å². The molecular formula is C42H36BrF2N7O4. The number of aromatic nitrogens is 5. The van der Waals surface area contributed by atoms with Crippen LogP contribution in [0.4, 0.5) is 8.78 Å². The van der Waals surface area contributed by atoms with Crippen LogP contribution in [0.5, 0.6) is 0 Å². The minimum absolute atomic E-state index is 0.0266. The Morgan fingerprint density at radius 1 is 0.732 bits per heavy atom. The first-order valence-electron chi connectivity index (χ1n) is 18.8. The van der Waals surface area contributed by atoms with Gasteiger partial charge in [-0.3, -0.25) is 19.2 Å². The Bertz CT molecular complexity index is 2460. The first-order chi connectivity index (χ1) is 27.0. The molecule has 3 fully saturated rings. The predicted octanol–water partition coefficient (Wildman–Crippen LogP) is 6.37. The van der Waals surface area contributed by atoms with Crippen molar-refractivity contribution in [3.8, 4) is 34.2 Å². The number of aryl methyl sites for hydroxylation is 2. The molecule has 11 nitrogen and oxygen atoms in total. The van der Waals surface area contributed by atoms with Crippen molar-refractivity contribution >= 4 is 39.3 Å². The van der Waals surface area contributed by atoms with E-state index < -0.39 is 0 Å². The number of halogens is 3. The Morgan fingerprint density at radius 3 is 1.95 bits per heavy atom. The third-order valence-electron chi connectivity index (χ3n) is 11.3. The number of benzene rings is 2. The summed E-state index contributed by atoms with van der Waals surface area (Å²) in [5.41, 5.74) is 8.13. The van der Waals surface area contributed by atoms with Crippen LogP contribution in [0.1, 0.15) is 88.2 Å². The maximum Gasteiger partial charge on any atom is 0.253 e. The first kappa shape index (κ1) is 36.2. The summed E-state index contributed by atoms with van der Waals surface area (Å²) in [4.78, 5) is 67.4. The largest absolute Gasteiger partial charge is 0.356 e. The Kier molecular flexibility index (Phi) is 8.98. The summed E-state index contributed by atoms with van der Waals surface area (Å²) >= 11 is 3.35. The van der Waals surface area contributed by atoms with Crippen molar-refractivity contribution in [1.82, 2.24) is 35.6 Å². The van der Waals surface area contributed by atoms with E-state index in [0.29, 0.717) is 34.9 Å². The van der Waals surface area contributed by atoms with Gasteiger partial charge >= 0.3 is 0 Å². The number of nitrogens with zero attached hydrogens (tertiary/aromatic N) is 4. The number of fused-ring (bicyclic) bond motifs is 6. The molecule has 1 unspecified atom stereocenters. The lowest BCUT2D eigenvalue weighted by Crippen LogP contribution is -2.44. The van der Waals surface area contributed by atoms with Crippen molar-refractivity contribution in [3.05, 3.63) is 106 Å². The molecule has 2 amide bonds. The molecule has 5 heterocycles. The van der Waals surface area contributed by atoms with E-state index in [1.54, 1.807) is 30.5 Å². The standard InChI is InChI=1S/C21H17FN4O.C14H10BrFN2O.C7H9NO2/c22-13-3-1-2-11(8-13)19-23-10-12-4-5-14-16-15(24-18(14)17(12)25-19)9-21(6-7-21)26-20(16)27;15-11-5-4-9-7-17-14(18-12(9)13(11)19)8-2-1-3-10(16)6-8;9-5-3-6(10)8-7(4-5)1-2-7/h1-3,8,10,24H,4-7,9H2,(H,26,27);1-3,6-7,11H,4-5H2;1-4H2,(H,8,10). The number of alkyl halides is 1. The number of hydrogen-bond acceptors (Lipinski definition) is 8. The summed E-state index contributed by atoms with van der Waals surface area (Å²) in [6.07, 6.45) is 12.2. The number of Topliss-reactive ketones (excluding diaryl/α,β-unsaturated/α-hetero) is 2. The SMILES string of the molecule is O=C1CC(=O)NC2(CC2)C1.O=C1NC2(CC2)Cc2[nH]c3c(c21)CCc1cnc(-c2cccc(F)c2)nc1-3.O=C1c2nc(-c3cccc(F)c3)ncc2CCC1Br. The quantitative estimate of drug-likeness (QED) is 0.137. The number of aromatic amines is 1. The summed E-state index contributed by atoms with van der Waals surface area (Å²) in [7, 11) is 0. The summed E-state index contributed by atoms with van der Waals surface area (Å²) < 4.78 is 26.8. The second kappa shape index (κ2) is 13.9. The van der Waals surface area contributed by atoms with Crippen molar-refractivity contribution in [2.24, 2.45) is 0 Å². The van der Waals surface area contributed by atoms with Crippen LogP contribution >= 0.6 is 15.9 Å². The summed E-state index contributed by atoms with van der Waals surface area (Å²) in [5.74, 6) is 0.246. The lowest BCUT2D eigenvalue weighted by Gasteiger charge is -2.23. The zero-order valence-corrected chi connectivity index (χ0v) is 31.8. The van der Waals surface area contributed by atoms with E-state index >= 15 is 0 Å². The molecule has 2 aromatic carbocycles. The number of nitrogens with one attached hydrogen (secondary N) is 3. The molecule has 3 N–H and O–H groups in total. The molecule has 2 aliphatic heterocycles. The zero-order chi connectivity index (χ0) is 38.8. The van der Waals surface area contributed by atoms with Gasteiger partial charge in [-0.25, -0.2) is 28.7 Å². The number of carbonyl (C=O) groups is 4. The van der Waals surface area contributed by atoms with Crippen LogP contribution in [0.15, 0.2) is 60.9 Å². The van der Waals surface area contributed by atoms with Crippen LogP contribution < -0.4 is 10.6 Å². The van der Waals surface area contributed by atoms with Crippen LogP contribution in [0.2, 0.25) is 0 Å². The monoisotopic (exact) mass is 819 g/mol. The maximum absolute atomic E-state index is 13.6. The summed E-state index contributed by atoms with van der Waals surface area (Å²) in [6, 6.07) is 12.4. The topological polar surface area (TPSA) is 160 Å². The predicted molar refractivity (Wildman–Crippen MR) is 205 cm³/mol. The van der Waals surface area contributed by atoms with E-state index in [2.05, 4.69) is 46.5 Å². The Morgan fingerprint density at radius 2 is 1.34 bits per heavy atom. The van der Waals surface area contributed by atoms with Crippen LogP contribution in [0.25, 0.3) is 34.2 Å². The molecule has 0 radical (unpaired) electrons. The molecule has 3 aromatic heterocycles. The lowest BCUT2D eigenvalue weighted by molar-refractivity contribution is -0.132. The highest BCUT2D eigenvalue weighted by molar-refractivity contribution is 9.10. The minimum atomic E-state index is -0.344. The van der Waals surface area contributed by atoms with Crippen LogP contribution in [-0.2, 0) is 35.3 Å². The molecule has 4 aliphatic carbocycles. The van der Waals surface area contributed by atoms with Crippen molar-refractivity contribution in [2.45, 2.75) is 86.5 Å². The fourth-order valence-electron chi connectivity index (χ4n) is 8.01. The maximum atomic E-state index is 13.6. The zero-order valence-electron chi connectivity index (χ0n) is 30.2. The van der Waals surface area contributed by atoms with Gasteiger partial charge in [0.15, 0.2) is 17.4 Å². The number of H-pyrrole nitrogens is 1. The van der Waals surface area contributed by atoms with E-state index in [9.17, 15) is 28.0 Å². The van der Waals surface area contributed by atoms with Crippen LogP contribution in [-0.4, -0.2) is 64.2 Å². The molecule has 56 heavy (non-hydrogen) atoms. The van der Waals surface area contributed by atoms with E-state index in [-0.39, 0.29) is 57.3 Å². The number of rotatable bonds is 2. The highest BCUT2D eigenvalue weighted by Gasteiger charge is 2.50. The van der Waals surface area contributed by atoms with Gasteiger partial charge in [0.25, 0.3) is 5.91 Å². The molecule has 14 heteroatoms. The average Bonchev–Trinajstić information content (AvgIpc) is 4.07. The molecule has 0 bridgehead atoms. The molecule has 284 valence electrons. The molecule has 11 rings (SSSR count). The lowest BCUT2D eigenvalue weighted by atomic mass is 9.89. The second-order valence-corrected chi connectivity index (χ2v) is 16.6. The molecule has 2 saturated carbocycles. The average molecular weight is 821 g/mol. The first-order valence-corrected chi connectivity index (χ1v) is 19.7. The molecule has 2 spiro atoms. The van der Waals surface area contributed by atoms with E-state index in [4.69, 9.17) is 4.98 Å². The van der Waals surface area contributed by atoms with Gasteiger partial charge in [0.2, 0.25) is 5.91 Å². The molecule has 6 aliphatic rings. The highest BCUT2D eigenvalue weighted by Crippen LogP contribution is 2.45. The second-order valence-electron chi connectivity index (χ2n) is 15.5. The van der Waals surface area contributed by atoms with Gasteiger partial charge in [0, 0.05) is 53.1 Å². The van der Waals surface area contributed by atoms with Gasteiger partial charge in [-0.1, -0.05) is 40.2 Å². The highest BCUT2D eigenvalue weighted by atomic mass is 79.9. The Hall–Kier alpha value is -5.50. The number of hydrogen-bond donors (Lipinski definition) is 3. The fraction of sp³-hybridized carbons (Fsp3) is 0.333. The van der Waals surface area contributed by atoms with Crippen molar-refractivity contribution < 1.29 is 28.0 Å². The fourth-order valence-corrected chi connectivity index (χ4v) is 8.46. The van der Waals surface area contributed by atoms with Gasteiger partial charge in [0.05, 0.1) is 28.2 Å². The third-order valence-corrected chi connectivity index (χ3v) is 12.1. The van der Waals surface area contributed by atoms with Crippen molar-refractivity contribution in [2.75, 3.05) is 0 Å².